The summed E-state index contributed by atoms with van der Waals surface area (Å²) in [7, 11) is 0. The van der Waals surface area contributed by atoms with Crippen LogP contribution in [0.2, 0.25) is 0 Å². The first-order valence-electron chi connectivity index (χ1n) is 3.43. The highest BCUT2D eigenvalue weighted by atomic mass is 35.5. The van der Waals surface area contributed by atoms with Gasteiger partial charge in [0, 0.05) is 0 Å². The van der Waals surface area contributed by atoms with E-state index in [9.17, 15) is 4.79 Å². The molecule has 2 nitrogen and oxygen atoms in total. The average Bonchev–Trinajstić information content (AvgIpc) is 1.84. The number of unbranched alkanes of at least 4 members (excludes halogenated alkanes) is 1. The highest BCUT2D eigenvalue weighted by Crippen LogP contribution is 2.19. The number of carbonyl (C=O) groups is 1. The van der Waals surface area contributed by atoms with Crippen molar-refractivity contribution in [2.24, 2.45) is 0 Å². The third-order valence-electron chi connectivity index (χ3n) is 1.40. The summed E-state index contributed by atoms with van der Waals surface area (Å²) in [5, 5.41) is 7.52. The normalized spacial score (nSPS) is 16.4. The molecule has 0 fully saturated rings. The van der Waals surface area contributed by atoms with Crippen LogP contribution in [0.25, 0.3) is 0 Å². The summed E-state index contributed by atoms with van der Waals surface area (Å²) in [4.78, 5) is 10.6. The Morgan fingerprint density at radius 1 is 1.70 bits per heavy atom. The predicted molar refractivity (Wildman–Crippen MR) is 41.0 cm³/mol. The Morgan fingerprint density at radius 3 is 2.50 bits per heavy atom. The molecule has 0 aliphatic carbocycles. The van der Waals surface area contributed by atoms with E-state index >= 15 is 0 Å². The van der Waals surface area contributed by atoms with Crippen LogP contribution >= 0.6 is 11.6 Å². The minimum Gasteiger partial charge on any atom is -0.369 e. The van der Waals surface area contributed by atoms with Crippen molar-refractivity contribution >= 4 is 17.4 Å². The SMILES string of the molecule is CCCCC(O)(Cl)C(C)=O. The monoisotopic (exact) mass is 164 g/mol. The van der Waals surface area contributed by atoms with E-state index in [1.807, 2.05) is 6.92 Å². The van der Waals surface area contributed by atoms with Gasteiger partial charge in [0.1, 0.15) is 0 Å². The zero-order valence-electron chi connectivity index (χ0n) is 6.35. The maximum Gasteiger partial charge on any atom is 0.197 e. The van der Waals surface area contributed by atoms with Crippen LogP contribution in [0.4, 0.5) is 0 Å². The van der Waals surface area contributed by atoms with E-state index in [4.69, 9.17) is 16.7 Å². The van der Waals surface area contributed by atoms with E-state index in [1.54, 1.807) is 0 Å². The number of alkyl halides is 1. The maximum atomic E-state index is 10.6. The van der Waals surface area contributed by atoms with Crippen LogP contribution in [0.15, 0.2) is 0 Å². The molecule has 0 aliphatic rings. The predicted octanol–water partition coefficient (Wildman–Crippen LogP) is 1.69. The van der Waals surface area contributed by atoms with E-state index in [1.165, 1.54) is 6.92 Å². The molecule has 0 heterocycles. The highest BCUT2D eigenvalue weighted by Gasteiger charge is 2.27. The summed E-state index contributed by atoms with van der Waals surface area (Å²) in [5.41, 5.74) is 0. The number of hydrogen-bond donors (Lipinski definition) is 1. The fourth-order valence-corrected chi connectivity index (χ4v) is 0.721. The average molecular weight is 165 g/mol. The fraction of sp³-hybridized carbons (Fsp3) is 0.857. The summed E-state index contributed by atoms with van der Waals surface area (Å²) < 4.78 is 0. The molecule has 1 unspecified atom stereocenters. The molecular weight excluding hydrogens is 152 g/mol. The second-order valence-electron chi connectivity index (χ2n) is 2.42. The molecule has 0 saturated carbocycles. The smallest absolute Gasteiger partial charge is 0.197 e. The van der Waals surface area contributed by atoms with E-state index in [0.29, 0.717) is 6.42 Å². The summed E-state index contributed by atoms with van der Waals surface area (Å²) in [6.45, 7) is 3.27. The molecule has 0 aromatic carbocycles. The Kier molecular flexibility index (Phi) is 3.91. The Labute approximate surface area is 66.2 Å². The van der Waals surface area contributed by atoms with Gasteiger partial charge in [-0.1, -0.05) is 24.9 Å². The molecule has 3 heteroatoms. The lowest BCUT2D eigenvalue weighted by molar-refractivity contribution is -0.128. The molecule has 0 aromatic rings. The van der Waals surface area contributed by atoms with Gasteiger partial charge in [-0.2, -0.15) is 0 Å². The Morgan fingerprint density at radius 2 is 2.20 bits per heavy atom. The van der Waals surface area contributed by atoms with E-state index < -0.39 is 5.06 Å². The van der Waals surface area contributed by atoms with Crippen LogP contribution in [-0.2, 0) is 4.79 Å². The number of halogens is 1. The topological polar surface area (TPSA) is 37.3 Å². The number of Topliss-reactive ketones (excluding diaryl/α,β-unsaturated/α-hetero) is 1. The van der Waals surface area contributed by atoms with Crippen molar-refractivity contribution in [3.8, 4) is 0 Å². The maximum absolute atomic E-state index is 10.6. The lowest BCUT2D eigenvalue weighted by atomic mass is 10.1. The van der Waals surface area contributed by atoms with Gasteiger partial charge in [0.05, 0.1) is 0 Å². The lowest BCUT2D eigenvalue weighted by Crippen LogP contribution is -2.29. The van der Waals surface area contributed by atoms with Crippen LogP contribution in [0.1, 0.15) is 33.1 Å². The van der Waals surface area contributed by atoms with Crippen molar-refractivity contribution in [1.29, 1.82) is 0 Å². The molecule has 0 bridgehead atoms. The van der Waals surface area contributed by atoms with Gasteiger partial charge in [-0.05, 0) is 19.8 Å². The zero-order valence-corrected chi connectivity index (χ0v) is 7.11. The molecule has 0 aromatic heterocycles. The van der Waals surface area contributed by atoms with Crippen LogP contribution in [-0.4, -0.2) is 16.0 Å². The first-order valence-corrected chi connectivity index (χ1v) is 3.81. The van der Waals surface area contributed by atoms with E-state index in [-0.39, 0.29) is 5.78 Å². The van der Waals surface area contributed by atoms with Crippen molar-refractivity contribution in [1.82, 2.24) is 0 Å². The molecule has 1 atom stereocenters. The third-order valence-corrected chi connectivity index (χ3v) is 1.86. The van der Waals surface area contributed by atoms with Gasteiger partial charge in [0.15, 0.2) is 10.8 Å². The molecule has 0 saturated heterocycles. The third kappa shape index (κ3) is 3.18. The highest BCUT2D eigenvalue weighted by molar-refractivity contribution is 6.33. The second-order valence-corrected chi connectivity index (χ2v) is 3.04. The molecule has 1 N–H and O–H groups in total. The zero-order chi connectivity index (χ0) is 8.20. The summed E-state index contributed by atoms with van der Waals surface area (Å²) in [6.07, 6.45) is 2.06. The van der Waals surface area contributed by atoms with Gasteiger partial charge < -0.3 is 5.11 Å². The second kappa shape index (κ2) is 3.94. The molecule has 0 radical (unpaired) electrons. The standard InChI is InChI=1S/C7H13ClO2/c1-3-4-5-7(8,10)6(2)9/h10H,3-5H2,1-2H3. The van der Waals surface area contributed by atoms with Crippen molar-refractivity contribution < 1.29 is 9.90 Å². The molecular formula is C7H13ClO2. The summed E-state index contributed by atoms with van der Waals surface area (Å²) in [6, 6.07) is 0. The largest absolute Gasteiger partial charge is 0.369 e. The number of rotatable bonds is 4. The van der Waals surface area contributed by atoms with Crippen molar-refractivity contribution in [3.05, 3.63) is 0 Å². The van der Waals surface area contributed by atoms with Gasteiger partial charge in [0.2, 0.25) is 0 Å². The first kappa shape index (κ1) is 9.92. The van der Waals surface area contributed by atoms with Crippen molar-refractivity contribution in [3.63, 3.8) is 0 Å². The van der Waals surface area contributed by atoms with Gasteiger partial charge in [0.25, 0.3) is 0 Å². The number of aliphatic hydroxyl groups is 1. The number of carbonyl (C=O) groups excluding carboxylic acids is 1. The minimum absolute atomic E-state index is 0.348. The summed E-state index contributed by atoms with van der Waals surface area (Å²) in [5.74, 6) is -0.373. The Hall–Kier alpha value is -0.0800. The van der Waals surface area contributed by atoms with Crippen molar-refractivity contribution in [2.45, 2.75) is 38.2 Å². The molecule has 0 rings (SSSR count). The summed E-state index contributed by atoms with van der Waals surface area (Å²) >= 11 is 5.46. The van der Waals surface area contributed by atoms with E-state index in [0.717, 1.165) is 12.8 Å². The fourth-order valence-electron chi connectivity index (χ4n) is 0.587. The molecule has 0 spiro atoms. The van der Waals surface area contributed by atoms with Crippen LogP contribution in [0.5, 0.6) is 0 Å². The molecule has 0 aliphatic heterocycles. The lowest BCUT2D eigenvalue weighted by Gasteiger charge is -2.15. The number of hydrogen-bond acceptors (Lipinski definition) is 2. The number of ketones is 1. The van der Waals surface area contributed by atoms with Gasteiger partial charge >= 0.3 is 0 Å². The van der Waals surface area contributed by atoms with Gasteiger partial charge in [-0.25, -0.2) is 0 Å². The van der Waals surface area contributed by atoms with Gasteiger partial charge in [-0.3, -0.25) is 4.79 Å². The molecule has 0 amide bonds. The quantitative estimate of drug-likeness (QED) is 0.643. The minimum atomic E-state index is -1.62. The van der Waals surface area contributed by atoms with Crippen LogP contribution in [0.3, 0.4) is 0 Å². The Bertz CT molecular complexity index is 121. The van der Waals surface area contributed by atoms with Crippen LogP contribution < -0.4 is 0 Å². The van der Waals surface area contributed by atoms with Gasteiger partial charge in [-0.15, -0.1) is 0 Å². The Balaban J connectivity index is 3.75. The molecule has 10 heavy (non-hydrogen) atoms. The van der Waals surface area contributed by atoms with E-state index in [2.05, 4.69) is 0 Å². The first-order chi connectivity index (χ1) is 4.50. The van der Waals surface area contributed by atoms with Crippen LogP contribution in [0, 0.1) is 0 Å². The molecule has 60 valence electrons. The van der Waals surface area contributed by atoms with Crippen molar-refractivity contribution in [2.75, 3.05) is 0 Å².